The molecule has 0 saturated heterocycles. The van der Waals surface area contributed by atoms with E-state index in [1.54, 1.807) is 19.1 Å². The van der Waals surface area contributed by atoms with E-state index in [1.165, 1.54) is 0 Å². The lowest BCUT2D eigenvalue weighted by Gasteiger charge is -2.31. The molecule has 1 heterocycles. The van der Waals surface area contributed by atoms with Crippen LogP contribution in [0.25, 0.3) is 0 Å². The topological polar surface area (TPSA) is 55.6 Å². The van der Waals surface area contributed by atoms with Gasteiger partial charge >= 0.3 is 0 Å². The normalized spacial score (nSPS) is 19.6. The highest BCUT2D eigenvalue weighted by molar-refractivity contribution is 5.97. The van der Waals surface area contributed by atoms with E-state index in [0.29, 0.717) is 13.0 Å². The van der Waals surface area contributed by atoms with E-state index in [1.807, 2.05) is 18.2 Å². The second-order valence-electron chi connectivity index (χ2n) is 4.03. The van der Waals surface area contributed by atoms with Crippen LogP contribution in [0.1, 0.15) is 5.56 Å². The van der Waals surface area contributed by atoms with Gasteiger partial charge in [0.05, 0.1) is 13.0 Å². The zero-order chi connectivity index (χ0) is 11.7. The van der Waals surface area contributed by atoms with Crippen molar-refractivity contribution in [1.29, 1.82) is 0 Å². The number of hydrogen-bond acceptors (Lipinski definition) is 3. The molecule has 0 bridgehead atoms. The van der Waals surface area contributed by atoms with Crippen LogP contribution in [0.15, 0.2) is 18.2 Å². The molecule has 1 aromatic carbocycles. The molecule has 0 fully saturated rings. The fourth-order valence-corrected chi connectivity index (χ4v) is 2.11. The van der Waals surface area contributed by atoms with Gasteiger partial charge in [0.15, 0.2) is 0 Å². The molecule has 0 unspecified atom stereocenters. The Labute approximate surface area is 95.0 Å². The van der Waals surface area contributed by atoms with Gasteiger partial charge in [-0.1, -0.05) is 0 Å². The number of carbonyl (C=O) groups excluding carboxylic acids is 1. The first kappa shape index (κ1) is 11.0. The van der Waals surface area contributed by atoms with Crippen LogP contribution >= 0.6 is 0 Å². The van der Waals surface area contributed by atoms with E-state index in [4.69, 9.17) is 10.5 Å². The van der Waals surface area contributed by atoms with Gasteiger partial charge < -0.3 is 15.4 Å². The monoisotopic (exact) mass is 220 g/mol. The Hall–Kier alpha value is -1.55. The minimum absolute atomic E-state index is 0.0974. The van der Waals surface area contributed by atoms with Gasteiger partial charge in [0.1, 0.15) is 5.75 Å². The molecule has 0 aliphatic carbocycles. The number of carbonyl (C=O) groups is 1. The maximum atomic E-state index is 11.9. The number of ether oxygens (including phenoxy) is 1. The Morgan fingerprint density at radius 1 is 1.56 bits per heavy atom. The fourth-order valence-electron chi connectivity index (χ4n) is 2.11. The van der Waals surface area contributed by atoms with E-state index in [2.05, 4.69) is 0 Å². The van der Waals surface area contributed by atoms with Gasteiger partial charge in [0.2, 0.25) is 5.91 Å². The Morgan fingerprint density at radius 3 is 2.94 bits per heavy atom. The number of benzene rings is 1. The first-order valence-electron chi connectivity index (χ1n) is 5.32. The average Bonchev–Trinajstić information content (AvgIpc) is 2.33. The zero-order valence-electron chi connectivity index (χ0n) is 9.56. The molecule has 16 heavy (non-hydrogen) atoms. The first-order chi connectivity index (χ1) is 7.67. The standard InChI is InChI=1S/C12H16N2O2/c1-14-11-4-3-10(16-2)6-8(11)5-9(7-13)12(14)15/h3-4,6,9H,5,7,13H2,1-2H3/t9-/m0/s1. The van der Waals surface area contributed by atoms with Gasteiger partial charge in [-0.15, -0.1) is 0 Å². The molecule has 1 aliphatic rings. The number of nitrogens with zero attached hydrogens (tertiary/aromatic N) is 1. The predicted octanol–water partition coefficient (Wildman–Crippen LogP) is 0.789. The van der Waals surface area contributed by atoms with E-state index in [9.17, 15) is 4.79 Å². The van der Waals surface area contributed by atoms with E-state index >= 15 is 0 Å². The Balaban J connectivity index is 2.42. The quantitative estimate of drug-likeness (QED) is 0.801. The van der Waals surface area contributed by atoms with Gasteiger partial charge in [0.25, 0.3) is 0 Å². The maximum Gasteiger partial charge on any atom is 0.231 e. The van der Waals surface area contributed by atoms with Crippen molar-refractivity contribution in [2.24, 2.45) is 11.7 Å². The summed E-state index contributed by atoms with van der Waals surface area (Å²) < 4.78 is 5.18. The van der Waals surface area contributed by atoms with Crippen LogP contribution in [0.3, 0.4) is 0 Å². The number of nitrogens with two attached hydrogens (primary N) is 1. The van der Waals surface area contributed by atoms with Crippen LogP contribution in [-0.2, 0) is 11.2 Å². The lowest BCUT2D eigenvalue weighted by atomic mass is 9.92. The lowest BCUT2D eigenvalue weighted by Crippen LogP contribution is -2.41. The molecule has 0 saturated carbocycles. The summed E-state index contributed by atoms with van der Waals surface area (Å²) in [6.45, 7) is 0.389. The largest absolute Gasteiger partial charge is 0.497 e. The molecule has 4 heteroatoms. The predicted molar refractivity (Wildman–Crippen MR) is 62.7 cm³/mol. The Kier molecular flexibility index (Phi) is 2.83. The fraction of sp³-hybridized carbons (Fsp3) is 0.417. The molecule has 1 amide bonds. The number of anilines is 1. The molecule has 86 valence electrons. The molecular weight excluding hydrogens is 204 g/mol. The molecule has 0 radical (unpaired) electrons. The number of fused-ring (bicyclic) bond motifs is 1. The Bertz CT molecular complexity index is 417. The third kappa shape index (κ3) is 1.65. The van der Waals surface area contributed by atoms with Crippen LogP contribution in [0, 0.1) is 5.92 Å². The van der Waals surface area contributed by atoms with Crippen molar-refractivity contribution in [3.8, 4) is 5.75 Å². The summed E-state index contributed by atoms with van der Waals surface area (Å²) in [7, 11) is 3.43. The van der Waals surface area contributed by atoms with Crippen molar-refractivity contribution in [3.05, 3.63) is 23.8 Å². The maximum absolute atomic E-state index is 11.9. The summed E-state index contributed by atoms with van der Waals surface area (Å²) in [5, 5.41) is 0. The third-order valence-electron chi connectivity index (χ3n) is 3.08. The second kappa shape index (κ2) is 4.14. The molecule has 2 N–H and O–H groups in total. The second-order valence-corrected chi connectivity index (χ2v) is 4.03. The van der Waals surface area contributed by atoms with Crippen molar-refractivity contribution < 1.29 is 9.53 Å². The number of methoxy groups -OCH3 is 1. The molecule has 1 atom stereocenters. The molecular formula is C12H16N2O2. The summed E-state index contributed by atoms with van der Waals surface area (Å²) in [4.78, 5) is 13.6. The van der Waals surface area contributed by atoms with Crippen molar-refractivity contribution >= 4 is 11.6 Å². The molecule has 2 rings (SSSR count). The van der Waals surface area contributed by atoms with Gasteiger partial charge in [0, 0.05) is 19.3 Å². The summed E-state index contributed by atoms with van der Waals surface area (Å²) in [5.41, 5.74) is 7.68. The summed E-state index contributed by atoms with van der Waals surface area (Å²) in [6.07, 6.45) is 0.701. The zero-order valence-corrected chi connectivity index (χ0v) is 9.56. The van der Waals surface area contributed by atoms with Gasteiger partial charge in [-0.05, 0) is 30.2 Å². The van der Waals surface area contributed by atoms with Crippen LogP contribution in [-0.4, -0.2) is 26.6 Å². The first-order valence-corrected chi connectivity index (χ1v) is 5.32. The highest BCUT2D eigenvalue weighted by atomic mass is 16.5. The average molecular weight is 220 g/mol. The summed E-state index contributed by atoms with van der Waals surface area (Å²) >= 11 is 0. The summed E-state index contributed by atoms with van der Waals surface area (Å²) in [6, 6.07) is 5.76. The Morgan fingerprint density at radius 2 is 2.31 bits per heavy atom. The highest BCUT2D eigenvalue weighted by Crippen LogP contribution is 2.31. The van der Waals surface area contributed by atoms with E-state index in [-0.39, 0.29) is 11.8 Å². The molecule has 1 aromatic rings. The minimum atomic E-state index is -0.107. The van der Waals surface area contributed by atoms with Crippen molar-refractivity contribution in [2.45, 2.75) is 6.42 Å². The van der Waals surface area contributed by atoms with Crippen LogP contribution in [0.2, 0.25) is 0 Å². The molecule has 1 aliphatic heterocycles. The van der Waals surface area contributed by atoms with E-state index in [0.717, 1.165) is 17.0 Å². The highest BCUT2D eigenvalue weighted by Gasteiger charge is 2.29. The minimum Gasteiger partial charge on any atom is -0.497 e. The molecule has 0 spiro atoms. The van der Waals surface area contributed by atoms with Crippen LogP contribution < -0.4 is 15.4 Å². The molecule has 0 aromatic heterocycles. The number of rotatable bonds is 2. The third-order valence-corrected chi connectivity index (χ3v) is 3.08. The number of hydrogen-bond donors (Lipinski definition) is 1. The van der Waals surface area contributed by atoms with Crippen molar-refractivity contribution in [2.75, 3.05) is 25.6 Å². The number of amides is 1. The van der Waals surface area contributed by atoms with Gasteiger partial charge in [-0.3, -0.25) is 4.79 Å². The van der Waals surface area contributed by atoms with Crippen LogP contribution in [0.4, 0.5) is 5.69 Å². The van der Waals surface area contributed by atoms with Crippen molar-refractivity contribution in [1.82, 2.24) is 0 Å². The van der Waals surface area contributed by atoms with Crippen molar-refractivity contribution in [3.63, 3.8) is 0 Å². The SMILES string of the molecule is COc1ccc2c(c1)C[C@@H](CN)C(=O)N2C. The van der Waals surface area contributed by atoms with E-state index < -0.39 is 0 Å². The summed E-state index contributed by atoms with van der Waals surface area (Å²) in [5.74, 6) is 0.807. The lowest BCUT2D eigenvalue weighted by molar-refractivity contribution is -0.122. The van der Waals surface area contributed by atoms with Gasteiger partial charge in [-0.2, -0.15) is 0 Å². The van der Waals surface area contributed by atoms with Gasteiger partial charge in [-0.25, -0.2) is 0 Å². The molecule has 4 nitrogen and oxygen atoms in total. The smallest absolute Gasteiger partial charge is 0.231 e. The van der Waals surface area contributed by atoms with Crippen LogP contribution in [0.5, 0.6) is 5.75 Å².